The van der Waals surface area contributed by atoms with E-state index < -0.39 is 0 Å². The molecule has 4 heterocycles. The van der Waals surface area contributed by atoms with E-state index in [1.54, 1.807) is 28.6 Å². The number of hydrogen-bond donors (Lipinski definition) is 2. The van der Waals surface area contributed by atoms with Crippen molar-refractivity contribution in [2.24, 2.45) is 5.92 Å². The van der Waals surface area contributed by atoms with E-state index in [1.165, 1.54) is 25.7 Å². The van der Waals surface area contributed by atoms with Crippen LogP contribution in [0.3, 0.4) is 0 Å². The second kappa shape index (κ2) is 10.0. The molecule has 4 aromatic rings. The zero-order valence-corrected chi connectivity index (χ0v) is 21.4. The molecule has 2 atom stereocenters. The van der Waals surface area contributed by atoms with E-state index >= 15 is 0 Å². The summed E-state index contributed by atoms with van der Waals surface area (Å²) in [5.41, 5.74) is 3.36. The molecule has 1 aliphatic heterocycles. The van der Waals surface area contributed by atoms with Crippen molar-refractivity contribution in [2.75, 3.05) is 31.6 Å². The number of benzene rings is 1. The first-order valence-corrected chi connectivity index (χ1v) is 13.2. The summed E-state index contributed by atoms with van der Waals surface area (Å²) in [7, 11) is 1.63. The molecule has 37 heavy (non-hydrogen) atoms. The molecule has 1 unspecified atom stereocenters. The van der Waals surface area contributed by atoms with Gasteiger partial charge < -0.3 is 15.0 Å². The number of nitrogens with zero attached hydrogens (tertiary/aromatic N) is 6. The summed E-state index contributed by atoms with van der Waals surface area (Å²) < 4.78 is 8.84. The van der Waals surface area contributed by atoms with Gasteiger partial charge in [0.15, 0.2) is 0 Å². The Bertz CT molecular complexity index is 1440. The van der Waals surface area contributed by atoms with Gasteiger partial charge in [-0.05, 0) is 57.2 Å². The molecule has 2 fully saturated rings. The van der Waals surface area contributed by atoms with Gasteiger partial charge in [-0.1, -0.05) is 11.6 Å². The SMILES string of the molecule is COc1cc(-c2cn(C(C)n3ccc(N4CCC[C@@H](NCC5CCC5)C4)cc3=O)nn2)c2cn[nH]c2c1. The van der Waals surface area contributed by atoms with Crippen LogP contribution in [0, 0.1) is 5.92 Å². The maximum absolute atomic E-state index is 13.2. The van der Waals surface area contributed by atoms with Crippen LogP contribution in [0.2, 0.25) is 0 Å². The average Bonchev–Trinajstić information content (AvgIpc) is 3.57. The lowest BCUT2D eigenvalue weighted by Gasteiger charge is -2.36. The first kappa shape index (κ1) is 23.7. The van der Waals surface area contributed by atoms with Crippen LogP contribution in [0.1, 0.15) is 45.2 Å². The van der Waals surface area contributed by atoms with Crippen LogP contribution in [0.15, 0.2) is 47.7 Å². The first-order valence-electron chi connectivity index (χ1n) is 13.2. The second-order valence-corrected chi connectivity index (χ2v) is 10.3. The van der Waals surface area contributed by atoms with Gasteiger partial charge in [0.05, 0.1) is 25.0 Å². The fraction of sp³-hybridized carbons (Fsp3) is 0.481. The summed E-state index contributed by atoms with van der Waals surface area (Å²) >= 11 is 0. The number of nitrogens with one attached hydrogen (secondary N) is 2. The summed E-state index contributed by atoms with van der Waals surface area (Å²) in [5, 5.41) is 20.6. The molecule has 0 spiro atoms. The van der Waals surface area contributed by atoms with E-state index in [0.29, 0.717) is 17.5 Å². The molecule has 2 aliphatic rings. The maximum atomic E-state index is 13.2. The lowest BCUT2D eigenvalue weighted by Crippen LogP contribution is -2.47. The maximum Gasteiger partial charge on any atom is 0.254 e. The number of ether oxygens (including phenoxy) is 1. The highest BCUT2D eigenvalue weighted by Gasteiger charge is 2.24. The monoisotopic (exact) mass is 502 g/mol. The Labute approximate surface area is 215 Å². The Morgan fingerprint density at radius 2 is 2.11 bits per heavy atom. The van der Waals surface area contributed by atoms with Crippen molar-refractivity contribution >= 4 is 16.6 Å². The standard InChI is InChI=1S/C27H34N8O2/c1-18(35-17-26(31-32-35)23-12-22(37-2)13-25-24(23)15-29-30-25)34-10-8-21(11-27(34)36)33-9-4-7-20(16-33)28-14-19-5-3-6-19/h8,10-13,15,17-20,28H,3-7,9,14,16H2,1-2H3,(H,29,30)/t18?,20-/m1/s1. The van der Waals surface area contributed by atoms with Crippen molar-refractivity contribution in [1.29, 1.82) is 0 Å². The molecular weight excluding hydrogens is 468 g/mol. The zero-order chi connectivity index (χ0) is 25.4. The van der Waals surface area contributed by atoms with Gasteiger partial charge in [-0.15, -0.1) is 5.10 Å². The van der Waals surface area contributed by atoms with Crippen LogP contribution in [0.25, 0.3) is 22.2 Å². The molecule has 10 heteroatoms. The van der Waals surface area contributed by atoms with Crippen LogP contribution < -0.4 is 20.5 Å². The molecular formula is C27H34N8O2. The normalized spacial score (nSPS) is 19.2. The highest BCUT2D eigenvalue weighted by atomic mass is 16.5. The Kier molecular flexibility index (Phi) is 6.42. The third-order valence-corrected chi connectivity index (χ3v) is 7.98. The quantitative estimate of drug-likeness (QED) is 0.380. The van der Waals surface area contributed by atoms with E-state index in [1.807, 2.05) is 37.5 Å². The number of aromatic nitrogens is 6. The molecule has 0 bridgehead atoms. The fourth-order valence-corrected chi connectivity index (χ4v) is 5.46. The van der Waals surface area contributed by atoms with Crippen molar-refractivity contribution in [2.45, 2.75) is 51.2 Å². The van der Waals surface area contributed by atoms with E-state index in [4.69, 9.17) is 4.74 Å². The lowest BCUT2D eigenvalue weighted by molar-refractivity contribution is 0.280. The summed E-state index contributed by atoms with van der Waals surface area (Å²) in [6.45, 7) is 5.00. The van der Waals surface area contributed by atoms with Gasteiger partial charge in [-0.3, -0.25) is 14.5 Å². The first-order chi connectivity index (χ1) is 18.1. The highest BCUT2D eigenvalue weighted by Crippen LogP contribution is 2.31. The minimum Gasteiger partial charge on any atom is -0.497 e. The number of pyridine rings is 1. The van der Waals surface area contributed by atoms with E-state index in [9.17, 15) is 4.79 Å². The Morgan fingerprint density at radius 3 is 2.89 bits per heavy atom. The lowest BCUT2D eigenvalue weighted by atomic mass is 9.85. The molecule has 1 saturated carbocycles. The van der Waals surface area contributed by atoms with Crippen molar-refractivity contribution < 1.29 is 4.74 Å². The third-order valence-electron chi connectivity index (χ3n) is 7.98. The fourth-order valence-electron chi connectivity index (χ4n) is 5.46. The minimum absolute atomic E-state index is 0.0507. The average molecular weight is 503 g/mol. The van der Waals surface area contributed by atoms with Crippen molar-refractivity contribution in [1.82, 2.24) is 35.1 Å². The van der Waals surface area contributed by atoms with Gasteiger partial charge in [-0.2, -0.15) is 5.10 Å². The molecule has 3 aromatic heterocycles. The van der Waals surface area contributed by atoms with Crippen molar-refractivity contribution in [3.8, 4) is 17.0 Å². The van der Waals surface area contributed by atoms with E-state index in [2.05, 4.69) is 30.7 Å². The van der Waals surface area contributed by atoms with Gasteiger partial charge in [0, 0.05) is 54.1 Å². The highest BCUT2D eigenvalue weighted by molar-refractivity contribution is 5.94. The number of hydrogen-bond acceptors (Lipinski definition) is 7. The van der Waals surface area contributed by atoms with Gasteiger partial charge >= 0.3 is 0 Å². The number of aromatic amines is 1. The summed E-state index contributed by atoms with van der Waals surface area (Å²) in [5.74, 6) is 1.56. The van der Waals surface area contributed by atoms with Crippen LogP contribution >= 0.6 is 0 Å². The largest absolute Gasteiger partial charge is 0.497 e. The predicted molar refractivity (Wildman–Crippen MR) is 143 cm³/mol. The summed E-state index contributed by atoms with van der Waals surface area (Å²) in [6.07, 6.45) is 11.6. The third kappa shape index (κ3) is 4.73. The molecule has 1 aromatic carbocycles. The number of anilines is 1. The predicted octanol–water partition coefficient (Wildman–Crippen LogP) is 3.42. The Balaban J connectivity index is 1.18. The van der Waals surface area contributed by atoms with Crippen LogP contribution in [0.5, 0.6) is 5.75 Å². The number of fused-ring (bicyclic) bond motifs is 1. The molecule has 1 saturated heterocycles. The van der Waals surface area contributed by atoms with Crippen molar-refractivity contribution in [3.63, 3.8) is 0 Å². The molecule has 194 valence electrons. The topological polar surface area (TPSA) is 106 Å². The smallest absolute Gasteiger partial charge is 0.254 e. The Morgan fingerprint density at radius 1 is 1.22 bits per heavy atom. The van der Waals surface area contributed by atoms with E-state index in [0.717, 1.165) is 54.1 Å². The number of rotatable bonds is 8. The summed E-state index contributed by atoms with van der Waals surface area (Å²) in [6, 6.07) is 8.10. The molecule has 6 rings (SSSR count). The number of H-pyrrole nitrogens is 1. The van der Waals surface area contributed by atoms with Gasteiger partial charge in [0.1, 0.15) is 17.6 Å². The molecule has 10 nitrogen and oxygen atoms in total. The van der Waals surface area contributed by atoms with Gasteiger partial charge in [0.2, 0.25) is 0 Å². The number of piperidine rings is 1. The summed E-state index contributed by atoms with van der Waals surface area (Å²) in [4.78, 5) is 15.5. The molecule has 2 N–H and O–H groups in total. The van der Waals surface area contributed by atoms with Crippen molar-refractivity contribution in [3.05, 3.63) is 53.2 Å². The molecule has 0 radical (unpaired) electrons. The Hall–Kier alpha value is -3.66. The van der Waals surface area contributed by atoms with Gasteiger partial charge in [-0.25, -0.2) is 4.68 Å². The molecule has 1 aliphatic carbocycles. The van der Waals surface area contributed by atoms with Crippen LogP contribution in [-0.4, -0.2) is 62.5 Å². The van der Waals surface area contributed by atoms with E-state index in [-0.39, 0.29) is 11.7 Å². The second-order valence-electron chi connectivity index (χ2n) is 10.3. The van der Waals surface area contributed by atoms with Gasteiger partial charge in [0.25, 0.3) is 5.56 Å². The molecule has 0 amide bonds. The van der Waals surface area contributed by atoms with Crippen LogP contribution in [0.4, 0.5) is 5.69 Å². The minimum atomic E-state index is -0.327. The van der Waals surface area contributed by atoms with Crippen LogP contribution in [-0.2, 0) is 0 Å². The number of methoxy groups -OCH3 is 1. The zero-order valence-electron chi connectivity index (χ0n) is 21.4.